The molecule has 1 heterocycles. The lowest BCUT2D eigenvalue weighted by atomic mass is 10.1. The van der Waals surface area contributed by atoms with Gasteiger partial charge in [-0.2, -0.15) is 0 Å². The number of aromatic amines is 1. The van der Waals surface area contributed by atoms with E-state index < -0.39 is 17.0 Å². The minimum atomic E-state index is -0.602. The van der Waals surface area contributed by atoms with Gasteiger partial charge in [0, 0.05) is 22.4 Å². The molecule has 0 unspecified atom stereocenters. The predicted molar refractivity (Wildman–Crippen MR) is 101 cm³/mol. The molecule has 0 saturated heterocycles. The van der Waals surface area contributed by atoms with Crippen LogP contribution >= 0.6 is 11.6 Å². The van der Waals surface area contributed by atoms with Gasteiger partial charge < -0.3 is 14.5 Å². The Labute approximate surface area is 155 Å². The average molecular weight is 378 g/mol. The van der Waals surface area contributed by atoms with Crippen molar-refractivity contribution in [3.8, 4) is 5.75 Å². The second-order valence-corrected chi connectivity index (χ2v) is 6.19. The number of unbranched alkanes of at least 4 members (excludes halogenated alkanes) is 1. The average Bonchev–Trinajstić information content (AvgIpc) is 2.69. The largest absolute Gasteiger partial charge is 0.491 e. The Morgan fingerprint density at radius 2 is 2.04 bits per heavy atom. The maximum atomic E-state index is 12.9. The summed E-state index contributed by atoms with van der Waals surface area (Å²) in [5.41, 5.74) is -0.626. The minimum Gasteiger partial charge on any atom is -0.491 e. The van der Waals surface area contributed by atoms with Gasteiger partial charge in [0.2, 0.25) is 0 Å². The van der Waals surface area contributed by atoms with E-state index in [0.717, 1.165) is 12.8 Å². The van der Waals surface area contributed by atoms with Crippen LogP contribution in [0.25, 0.3) is 10.9 Å². The number of rotatable bonds is 7. The van der Waals surface area contributed by atoms with Gasteiger partial charge in [-0.3, -0.25) is 9.59 Å². The van der Waals surface area contributed by atoms with Crippen molar-refractivity contribution in [2.45, 2.75) is 26.2 Å². The summed E-state index contributed by atoms with van der Waals surface area (Å²) in [5, 5.41) is 0.639. The zero-order chi connectivity index (χ0) is 19.3. The molecule has 0 bridgehead atoms. The van der Waals surface area contributed by atoms with E-state index >= 15 is 0 Å². The molecular formula is C19H20ClNO5. The lowest BCUT2D eigenvalue weighted by molar-refractivity contribution is -0.139. The van der Waals surface area contributed by atoms with Crippen LogP contribution in [-0.4, -0.2) is 24.7 Å². The van der Waals surface area contributed by atoms with Gasteiger partial charge in [-0.05, 0) is 24.6 Å². The molecule has 0 saturated carbocycles. The molecule has 138 valence electrons. The molecule has 1 N–H and O–H groups in total. The van der Waals surface area contributed by atoms with E-state index in [1.54, 1.807) is 6.07 Å². The predicted octanol–water partition coefficient (Wildman–Crippen LogP) is 2.99. The van der Waals surface area contributed by atoms with Gasteiger partial charge >= 0.3 is 5.97 Å². The van der Waals surface area contributed by atoms with Crippen molar-refractivity contribution in [3.05, 3.63) is 61.5 Å². The molecule has 26 heavy (non-hydrogen) atoms. The highest BCUT2D eigenvalue weighted by Gasteiger charge is 2.18. The van der Waals surface area contributed by atoms with Crippen LogP contribution in [0.4, 0.5) is 0 Å². The molecule has 6 nitrogen and oxygen atoms in total. The Morgan fingerprint density at radius 3 is 2.69 bits per heavy atom. The summed E-state index contributed by atoms with van der Waals surface area (Å²) < 4.78 is 10.2. The fourth-order valence-electron chi connectivity index (χ4n) is 2.47. The molecule has 0 aliphatic rings. The Hall–Kier alpha value is -2.60. The Bertz CT molecular complexity index is 964. The number of carbonyl (C=O) groups excluding carboxylic acids is 1. The number of esters is 1. The van der Waals surface area contributed by atoms with Crippen LogP contribution in [0.15, 0.2) is 39.9 Å². The van der Waals surface area contributed by atoms with Gasteiger partial charge in [0.15, 0.2) is 11.2 Å². The molecule has 1 aromatic carbocycles. The minimum absolute atomic E-state index is 0.0449. The molecular weight excluding hydrogens is 358 g/mol. The molecule has 0 spiro atoms. The third kappa shape index (κ3) is 4.32. The Kier molecular flexibility index (Phi) is 6.58. The molecule has 1 aromatic heterocycles. The number of methoxy groups -OCH3 is 1. The van der Waals surface area contributed by atoms with Crippen LogP contribution < -0.4 is 15.7 Å². The third-order valence-corrected chi connectivity index (χ3v) is 4.08. The second-order valence-electron chi connectivity index (χ2n) is 5.75. The fourth-order valence-corrected chi connectivity index (χ4v) is 2.65. The van der Waals surface area contributed by atoms with E-state index in [2.05, 4.69) is 11.6 Å². The van der Waals surface area contributed by atoms with Crippen molar-refractivity contribution in [1.29, 1.82) is 0 Å². The maximum absolute atomic E-state index is 12.9. The van der Waals surface area contributed by atoms with Crippen molar-refractivity contribution >= 4 is 28.5 Å². The number of hydrogen-bond donors (Lipinski definition) is 1. The number of fused-ring (bicyclic) bond motifs is 1. The number of nitrogens with one attached hydrogen (secondary N) is 1. The summed E-state index contributed by atoms with van der Waals surface area (Å²) in [6, 6.07) is 4.55. The van der Waals surface area contributed by atoms with E-state index in [4.69, 9.17) is 21.1 Å². The molecule has 0 amide bonds. The van der Waals surface area contributed by atoms with E-state index in [0.29, 0.717) is 5.02 Å². The zero-order valence-corrected chi connectivity index (χ0v) is 15.4. The first-order chi connectivity index (χ1) is 12.4. The SMILES string of the molecule is C=C(Cc1c(OC)c(=O)[nH]c2cc(Cl)ccc2c1=O)C(=O)OCCCC. The Balaban J connectivity index is 2.52. The molecule has 0 aliphatic heterocycles. The zero-order valence-electron chi connectivity index (χ0n) is 14.7. The Morgan fingerprint density at radius 1 is 1.31 bits per heavy atom. The van der Waals surface area contributed by atoms with Gasteiger partial charge in [0.1, 0.15) is 0 Å². The smallest absolute Gasteiger partial charge is 0.333 e. The van der Waals surface area contributed by atoms with Gasteiger partial charge in [0.05, 0.1) is 24.8 Å². The van der Waals surface area contributed by atoms with Crippen molar-refractivity contribution in [2.24, 2.45) is 0 Å². The van der Waals surface area contributed by atoms with Gasteiger partial charge in [-0.15, -0.1) is 0 Å². The second kappa shape index (κ2) is 8.67. The monoisotopic (exact) mass is 377 g/mol. The van der Waals surface area contributed by atoms with Crippen molar-refractivity contribution < 1.29 is 14.3 Å². The number of ether oxygens (including phenoxy) is 2. The van der Waals surface area contributed by atoms with Crippen LogP contribution in [0.1, 0.15) is 25.3 Å². The van der Waals surface area contributed by atoms with Gasteiger partial charge in [0.25, 0.3) is 5.56 Å². The van der Waals surface area contributed by atoms with Crippen LogP contribution in [-0.2, 0) is 16.0 Å². The van der Waals surface area contributed by atoms with Gasteiger partial charge in [-0.1, -0.05) is 31.5 Å². The first-order valence-corrected chi connectivity index (χ1v) is 8.54. The fraction of sp³-hybridized carbons (Fsp3) is 0.316. The lowest BCUT2D eigenvalue weighted by Crippen LogP contribution is -2.17. The number of H-pyrrole nitrogens is 1. The molecule has 2 aromatic rings. The van der Waals surface area contributed by atoms with Crippen LogP contribution in [0.3, 0.4) is 0 Å². The van der Waals surface area contributed by atoms with E-state index in [-0.39, 0.29) is 40.8 Å². The van der Waals surface area contributed by atoms with Crippen molar-refractivity contribution in [2.75, 3.05) is 13.7 Å². The third-order valence-electron chi connectivity index (χ3n) is 3.84. The van der Waals surface area contributed by atoms with Crippen LogP contribution in [0, 0.1) is 0 Å². The van der Waals surface area contributed by atoms with E-state index in [9.17, 15) is 14.4 Å². The molecule has 0 atom stereocenters. The summed E-state index contributed by atoms with van der Waals surface area (Å²) in [6.45, 7) is 5.94. The lowest BCUT2D eigenvalue weighted by Gasteiger charge is -2.07. The van der Waals surface area contributed by atoms with Crippen molar-refractivity contribution in [3.63, 3.8) is 0 Å². The van der Waals surface area contributed by atoms with Crippen molar-refractivity contribution in [1.82, 2.24) is 4.98 Å². The molecule has 0 radical (unpaired) electrons. The number of aromatic nitrogens is 1. The molecule has 7 heteroatoms. The summed E-state index contributed by atoms with van der Waals surface area (Å²) in [5.74, 6) is -0.764. The normalized spacial score (nSPS) is 10.6. The first-order valence-electron chi connectivity index (χ1n) is 8.16. The van der Waals surface area contributed by atoms with Crippen LogP contribution in [0.5, 0.6) is 5.75 Å². The number of halogens is 1. The molecule has 0 fully saturated rings. The standard InChI is InChI=1S/C19H20ClNO5/c1-4-5-8-26-19(24)11(2)9-14-16(22)13-7-6-12(20)10-15(13)21-18(23)17(14)25-3/h6-7,10H,2,4-5,8-9H2,1,3H3,(H,21,23). The van der Waals surface area contributed by atoms with Gasteiger partial charge in [-0.25, -0.2) is 4.79 Å². The summed E-state index contributed by atoms with van der Waals surface area (Å²) in [7, 11) is 1.29. The molecule has 0 aliphatic carbocycles. The van der Waals surface area contributed by atoms with E-state index in [1.165, 1.54) is 19.2 Å². The highest BCUT2D eigenvalue weighted by molar-refractivity contribution is 6.31. The first kappa shape index (κ1) is 19.7. The topological polar surface area (TPSA) is 85.5 Å². The summed E-state index contributed by atoms with van der Waals surface area (Å²) in [6.07, 6.45) is 1.47. The van der Waals surface area contributed by atoms with Crippen LogP contribution in [0.2, 0.25) is 5.02 Å². The molecule has 2 rings (SSSR count). The number of hydrogen-bond acceptors (Lipinski definition) is 5. The number of carbonyl (C=O) groups is 1. The summed E-state index contributed by atoms with van der Waals surface area (Å²) in [4.78, 5) is 39.9. The summed E-state index contributed by atoms with van der Waals surface area (Å²) >= 11 is 5.94. The maximum Gasteiger partial charge on any atom is 0.333 e. The number of benzene rings is 1. The van der Waals surface area contributed by atoms with E-state index in [1.807, 2.05) is 6.92 Å². The highest BCUT2D eigenvalue weighted by Crippen LogP contribution is 2.18. The highest BCUT2D eigenvalue weighted by atomic mass is 35.5. The quantitative estimate of drug-likeness (QED) is 0.455.